The molecule has 70 valence electrons. The van der Waals surface area contributed by atoms with Crippen molar-refractivity contribution in [3.05, 3.63) is 12.2 Å². The van der Waals surface area contributed by atoms with Crippen molar-refractivity contribution in [2.45, 2.75) is 44.8 Å². The first-order valence-corrected chi connectivity index (χ1v) is 4.51. The minimum absolute atomic E-state index is 0.213. The van der Waals surface area contributed by atoms with Crippen LogP contribution < -0.4 is 0 Å². The van der Waals surface area contributed by atoms with Crippen molar-refractivity contribution in [3.63, 3.8) is 0 Å². The molecule has 0 heterocycles. The van der Waals surface area contributed by atoms with Crippen LogP contribution in [0.2, 0.25) is 0 Å². The number of hydrogen-bond donors (Lipinski definition) is 2. The molecule has 0 fully saturated rings. The fourth-order valence-corrected chi connectivity index (χ4v) is 1.42. The smallest absolute Gasteiger partial charge is 0.0852 e. The van der Waals surface area contributed by atoms with Crippen LogP contribution in [0.15, 0.2) is 12.2 Å². The molecule has 0 aromatic carbocycles. The van der Waals surface area contributed by atoms with Crippen molar-refractivity contribution in [2.24, 2.45) is 5.92 Å². The summed E-state index contributed by atoms with van der Waals surface area (Å²) in [6, 6.07) is 0. The van der Waals surface area contributed by atoms with Gasteiger partial charge in [0.15, 0.2) is 0 Å². The Hall–Kier alpha value is -0.340. The highest BCUT2D eigenvalue weighted by atomic mass is 16.3. The standard InChI is InChI=1S/C10H18O2/c1-8(2)10(12)6-4-9(3,11)5-7-10/h4,6,8,11-12H,5,7H2,1-3H3/t9-,10+/m1/s1. The van der Waals surface area contributed by atoms with E-state index in [9.17, 15) is 10.2 Å². The van der Waals surface area contributed by atoms with E-state index in [1.165, 1.54) is 0 Å². The molecule has 0 unspecified atom stereocenters. The Labute approximate surface area is 73.9 Å². The molecule has 0 aliphatic heterocycles. The molecule has 0 bridgehead atoms. The molecular formula is C10H18O2. The van der Waals surface area contributed by atoms with Crippen molar-refractivity contribution in [1.29, 1.82) is 0 Å². The van der Waals surface area contributed by atoms with E-state index in [4.69, 9.17) is 0 Å². The maximum Gasteiger partial charge on any atom is 0.0852 e. The number of rotatable bonds is 1. The van der Waals surface area contributed by atoms with Crippen LogP contribution in [-0.4, -0.2) is 21.4 Å². The summed E-state index contributed by atoms with van der Waals surface area (Å²) in [7, 11) is 0. The van der Waals surface area contributed by atoms with E-state index >= 15 is 0 Å². The second-order valence-electron chi connectivity index (χ2n) is 4.34. The van der Waals surface area contributed by atoms with Gasteiger partial charge in [-0.1, -0.05) is 26.0 Å². The third-order valence-corrected chi connectivity index (χ3v) is 2.76. The molecule has 12 heavy (non-hydrogen) atoms. The van der Waals surface area contributed by atoms with Gasteiger partial charge in [-0.3, -0.25) is 0 Å². The molecule has 0 amide bonds. The van der Waals surface area contributed by atoms with Crippen LogP contribution in [0.3, 0.4) is 0 Å². The molecule has 2 heteroatoms. The van der Waals surface area contributed by atoms with E-state index < -0.39 is 11.2 Å². The highest BCUT2D eigenvalue weighted by molar-refractivity contribution is 5.14. The molecule has 1 rings (SSSR count). The van der Waals surface area contributed by atoms with Gasteiger partial charge < -0.3 is 10.2 Å². The lowest BCUT2D eigenvalue weighted by Gasteiger charge is -2.36. The van der Waals surface area contributed by atoms with E-state index in [2.05, 4.69) is 0 Å². The predicted molar refractivity (Wildman–Crippen MR) is 48.8 cm³/mol. The molecule has 0 spiro atoms. The molecule has 2 nitrogen and oxygen atoms in total. The van der Waals surface area contributed by atoms with E-state index in [0.717, 1.165) is 0 Å². The van der Waals surface area contributed by atoms with Gasteiger partial charge in [0, 0.05) is 0 Å². The lowest BCUT2D eigenvalue weighted by atomic mass is 9.77. The van der Waals surface area contributed by atoms with Crippen molar-refractivity contribution in [1.82, 2.24) is 0 Å². The fraction of sp³-hybridized carbons (Fsp3) is 0.800. The molecule has 1 aliphatic rings. The summed E-state index contributed by atoms with van der Waals surface area (Å²) in [4.78, 5) is 0. The van der Waals surface area contributed by atoms with Gasteiger partial charge in [0.05, 0.1) is 11.2 Å². The zero-order valence-corrected chi connectivity index (χ0v) is 8.04. The van der Waals surface area contributed by atoms with Gasteiger partial charge in [-0.05, 0) is 25.7 Å². The first-order valence-electron chi connectivity index (χ1n) is 4.51. The van der Waals surface area contributed by atoms with Gasteiger partial charge in [0.1, 0.15) is 0 Å². The summed E-state index contributed by atoms with van der Waals surface area (Å²) < 4.78 is 0. The maximum atomic E-state index is 9.98. The van der Waals surface area contributed by atoms with Crippen LogP contribution in [0.25, 0.3) is 0 Å². The molecular weight excluding hydrogens is 152 g/mol. The van der Waals surface area contributed by atoms with Crippen LogP contribution in [0.4, 0.5) is 0 Å². The third-order valence-electron chi connectivity index (χ3n) is 2.76. The van der Waals surface area contributed by atoms with Crippen LogP contribution in [0, 0.1) is 5.92 Å². The Bertz CT molecular complexity index is 194. The highest BCUT2D eigenvalue weighted by Crippen LogP contribution is 2.33. The van der Waals surface area contributed by atoms with Gasteiger partial charge in [-0.25, -0.2) is 0 Å². The Balaban J connectivity index is 2.77. The lowest BCUT2D eigenvalue weighted by molar-refractivity contribution is -0.00853. The second-order valence-corrected chi connectivity index (χ2v) is 4.34. The number of hydrogen-bond acceptors (Lipinski definition) is 2. The van der Waals surface area contributed by atoms with Crippen molar-refractivity contribution < 1.29 is 10.2 Å². The maximum absolute atomic E-state index is 9.98. The monoisotopic (exact) mass is 170 g/mol. The van der Waals surface area contributed by atoms with E-state index in [1.807, 2.05) is 13.8 Å². The molecule has 0 aromatic heterocycles. The highest BCUT2D eigenvalue weighted by Gasteiger charge is 2.35. The first kappa shape index (κ1) is 9.75. The van der Waals surface area contributed by atoms with Crippen molar-refractivity contribution >= 4 is 0 Å². The zero-order chi connectivity index (χ0) is 9.41. The van der Waals surface area contributed by atoms with Crippen molar-refractivity contribution in [3.8, 4) is 0 Å². The van der Waals surface area contributed by atoms with Crippen LogP contribution >= 0.6 is 0 Å². The average molecular weight is 170 g/mol. The van der Waals surface area contributed by atoms with Gasteiger partial charge in [-0.15, -0.1) is 0 Å². The van der Waals surface area contributed by atoms with E-state index in [1.54, 1.807) is 19.1 Å². The largest absolute Gasteiger partial charge is 0.386 e. The Morgan fingerprint density at radius 2 is 1.75 bits per heavy atom. The summed E-state index contributed by atoms with van der Waals surface area (Å²) in [5, 5.41) is 19.6. The van der Waals surface area contributed by atoms with Gasteiger partial charge >= 0.3 is 0 Å². The summed E-state index contributed by atoms with van der Waals surface area (Å²) in [6.45, 7) is 5.75. The summed E-state index contributed by atoms with van der Waals surface area (Å²) in [6.07, 6.45) is 4.73. The van der Waals surface area contributed by atoms with Gasteiger partial charge in [0.2, 0.25) is 0 Å². The molecule has 0 saturated carbocycles. The summed E-state index contributed by atoms with van der Waals surface area (Å²) in [5.74, 6) is 0.213. The minimum Gasteiger partial charge on any atom is -0.386 e. The zero-order valence-electron chi connectivity index (χ0n) is 8.04. The molecule has 2 N–H and O–H groups in total. The Morgan fingerprint density at radius 1 is 1.17 bits per heavy atom. The fourth-order valence-electron chi connectivity index (χ4n) is 1.42. The summed E-state index contributed by atoms with van der Waals surface area (Å²) >= 11 is 0. The third kappa shape index (κ3) is 1.87. The quantitative estimate of drug-likeness (QED) is 0.585. The van der Waals surface area contributed by atoms with Gasteiger partial charge in [-0.2, -0.15) is 0 Å². The Kier molecular flexibility index (Phi) is 2.32. The lowest BCUT2D eigenvalue weighted by Crippen LogP contribution is -2.40. The molecule has 0 radical (unpaired) electrons. The minimum atomic E-state index is -0.721. The molecule has 0 aromatic rings. The average Bonchev–Trinajstić information content (AvgIpc) is 1.96. The Morgan fingerprint density at radius 3 is 2.08 bits per heavy atom. The van der Waals surface area contributed by atoms with Crippen molar-refractivity contribution in [2.75, 3.05) is 0 Å². The van der Waals surface area contributed by atoms with Crippen LogP contribution in [0.5, 0.6) is 0 Å². The first-order chi connectivity index (χ1) is 5.36. The molecule has 0 saturated heterocycles. The molecule has 1 aliphatic carbocycles. The summed E-state index contributed by atoms with van der Waals surface area (Å²) in [5.41, 5.74) is -1.43. The van der Waals surface area contributed by atoms with Gasteiger partial charge in [0.25, 0.3) is 0 Å². The molecule has 2 atom stereocenters. The second kappa shape index (κ2) is 2.86. The van der Waals surface area contributed by atoms with Crippen LogP contribution in [0.1, 0.15) is 33.6 Å². The predicted octanol–water partition coefficient (Wildman–Crippen LogP) is 1.47. The van der Waals surface area contributed by atoms with E-state index in [0.29, 0.717) is 12.8 Å². The number of aliphatic hydroxyl groups is 2. The SMILES string of the molecule is CC(C)[C@]1(O)C=C[C@@](C)(O)CC1. The van der Waals surface area contributed by atoms with Crippen LogP contribution in [-0.2, 0) is 0 Å². The topological polar surface area (TPSA) is 40.5 Å². The van der Waals surface area contributed by atoms with E-state index in [-0.39, 0.29) is 5.92 Å². The normalized spacial score (nSPS) is 42.2.